The second-order valence-electron chi connectivity index (χ2n) is 9.47. The summed E-state index contributed by atoms with van der Waals surface area (Å²) in [5.41, 5.74) is 1.33. The van der Waals surface area contributed by atoms with Crippen LogP contribution in [0.3, 0.4) is 0 Å². The molecule has 0 bridgehead atoms. The summed E-state index contributed by atoms with van der Waals surface area (Å²) in [6, 6.07) is 12.7. The van der Waals surface area contributed by atoms with Crippen molar-refractivity contribution in [2.45, 2.75) is 40.2 Å². The molecule has 1 aliphatic rings. The number of nitrogens with zero attached hydrogens (tertiary/aromatic N) is 2. The third-order valence-electron chi connectivity index (χ3n) is 6.26. The number of rotatable bonds is 9. The first-order valence-electron chi connectivity index (χ1n) is 12.3. The average molecular weight is 535 g/mol. The van der Waals surface area contributed by atoms with Crippen LogP contribution in [0.5, 0.6) is 11.5 Å². The van der Waals surface area contributed by atoms with Crippen LogP contribution >= 0.6 is 11.3 Å². The summed E-state index contributed by atoms with van der Waals surface area (Å²) in [5.74, 6) is -0.536. The zero-order chi connectivity index (χ0) is 27.6. The lowest BCUT2D eigenvalue weighted by atomic mass is 9.95. The van der Waals surface area contributed by atoms with E-state index < -0.39 is 17.7 Å². The Morgan fingerprint density at radius 3 is 2.45 bits per heavy atom. The molecule has 2 heterocycles. The van der Waals surface area contributed by atoms with Gasteiger partial charge in [0.05, 0.1) is 35.9 Å². The highest BCUT2D eigenvalue weighted by Crippen LogP contribution is 2.44. The SMILES string of the molecule is COc1ccc(/C(O)=C2\C(=O)C(=O)N(c3nc(C)c(C(C)=O)s3)C2c2cccc(OCCC(C)C)c2)cc1. The van der Waals surface area contributed by atoms with Gasteiger partial charge in [0.25, 0.3) is 5.78 Å². The molecule has 0 radical (unpaired) electrons. The van der Waals surface area contributed by atoms with Gasteiger partial charge in [0.15, 0.2) is 10.9 Å². The van der Waals surface area contributed by atoms with Crippen molar-refractivity contribution in [2.75, 3.05) is 18.6 Å². The second kappa shape index (κ2) is 11.2. The molecule has 9 heteroatoms. The Morgan fingerprint density at radius 1 is 1.13 bits per heavy atom. The number of ether oxygens (including phenoxy) is 2. The molecule has 1 unspecified atom stereocenters. The van der Waals surface area contributed by atoms with Crippen molar-refractivity contribution < 1.29 is 29.0 Å². The summed E-state index contributed by atoms with van der Waals surface area (Å²) in [6.45, 7) is 7.84. The summed E-state index contributed by atoms with van der Waals surface area (Å²) in [6.07, 6.45) is 0.867. The molecule has 3 aromatic rings. The molecule has 198 valence electrons. The number of thiazole rings is 1. The molecule has 1 aromatic heterocycles. The fraction of sp³-hybridized carbons (Fsp3) is 0.310. The first kappa shape index (κ1) is 27.1. The molecule has 1 aliphatic heterocycles. The van der Waals surface area contributed by atoms with Crippen LogP contribution in [0.25, 0.3) is 5.76 Å². The zero-order valence-electron chi connectivity index (χ0n) is 22.0. The standard InChI is InChI=1S/C29H30N2O6S/c1-16(2)13-14-37-22-8-6-7-20(15-22)24-23(25(33)19-9-11-21(36-5)12-10-19)26(34)28(35)31(24)29-30-17(3)27(38-29)18(4)32/h6-12,15-16,24,33H,13-14H2,1-5H3/b25-23+. The largest absolute Gasteiger partial charge is 0.507 e. The third kappa shape index (κ3) is 5.33. The molecule has 1 fully saturated rings. The van der Waals surface area contributed by atoms with Crippen molar-refractivity contribution in [1.82, 2.24) is 4.98 Å². The molecule has 0 aliphatic carbocycles. The van der Waals surface area contributed by atoms with Gasteiger partial charge in [-0.2, -0.15) is 0 Å². The highest BCUT2D eigenvalue weighted by atomic mass is 32.1. The van der Waals surface area contributed by atoms with E-state index in [-0.39, 0.29) is 22.2 Å². The Labute approximate surface area is 225 Å². The van der Waals surface area contributed by atoms with Gasteiger partial charge in [0.1, 0.15) is 17.3 Å². The molecule has 2 aromatic carbocycles. The molecular formula is C29H30N2O6S. The summed E-state index contributed by atoms with van der Waals surface area (Å²) >= 11 is 1.05. The van der Waals surface area contributed by atoms with E-state index in [9.17, 15) is 19.5 Å². The van der Waals surface area contributed by atoms with Gasteiger partial charge in [0.2, 0.25) is 0 Å². The Kier molecular flexibility index (Phi) is 7.97. The van der Waals surface area contributed by atoms with E-state index >= 15 is 0 Å². The van der Waals surface area contributed by atoms with Crippen molar-refractivity contribution in [3.05, 3.63) is 75.8 Å². The summed E-state index contributed by atoms with van der Waals surface area (Å²) in [5, 5.41) is 11.5. The molecule has 4 rings (SSSR count). The van der Waals surface area contributed by atoms with Crippen LogP contribution < -0.4 is 14.4 Å². The number of benzene rings is 2. The predicted octanol–water partition coefficient (Wildman–Crippen LogP) is 5.71. The topological polar surface area (TPSA) is 106 Å². The second-order valence-corrected chi connectivity index (χ2v) is 10.4. The van der Waals surface area contributed by atoms with E-state index in [1.807, 2.05) is 0 Å². The number of aromatic nitrogens is 1. The zero-order valence-corrected chi connectivity index (χ0v) is 22.8. The number of carbonyl (C=O) groups excluding carboxylic acids is 3. The van der Waals surface area contributed by atoms with Crippen molar-refractivity contribution in [1.29, 1.82) is 0 Å². The smallest absolute Gasteiger partial charge is 0.301 e. The van der Waals surface area contributed by atoms with Crippen LogP contribution in [-0.2, 0) is 9.59 Å². The van der Waals surface area contributed by atoms with Gasteiger partial charge >= 0.3 is 5.91 Å². The van der Waals surface area contributed by atoms with Gasteiger partial charge in [-0.1, -0.05) is 37.3 Å². The number of hydrogen-bond acceptors (Lipinski definition) is 8. The number of aliphatic hydroxyl groups excluding tert-OH is 1. The van der Waals surface area contributed by atoms with Crippen molar-refractivity contribution in [3.8, 4) is 11.5 Å². The Hall–Kier alpha value is -3.98. The fourth-order valence-corrected chi connectivity index (χ4v) is 5.24. The molecule has 38 heavy (non-hydrogen) atoms. The van der Waals surface area contributed by atoms with Crippen LogP contribution in [0.4, 0.5) is 5.13 Å². The highest BCUT2D eigenvalue weighted by molar-refractivity contribution is 7.18. The fourth-order valence-electron chi connectivity index (χ4n) is 4.25. The number of ketones is 2. The van der Waals surface area contributed by atoms with Crippen molar-refractivity contribution >= 4 is 39.7 Å². The number of aliphatic hydroxyl groups is 1. The van der Waals surface area contributed by atoms with E-state index in [0.717, 1.165) is 17.8 Å². The molecule has 1 saturated heterocycles. The Balaban J connectivity index is 1.86. The lowest BCUT2D eigenvalue weighted by molar-refractivity contribution is -0.132. The number of methoxy groups -OCH3 is 1. The Bertz CT molecular complexity index is 1410. The number of anilines is 1. The maximum atomic E-state index is 13.4. The summed E-state index contributed by atoms with van der Waals surface area (Å²) in [4.78, 5) is 45.1. The number of amides is 1. The molecule has 1 amide bonds. The normalized spacial score (nSPS) is 16.8. The number of Topliss-reactive ketones (excluding diaryl/α,β-unsaturated/α-hetero) is 2. The molecule has 0 saturated carbocycles. The summed E-state index contributed by atoms with van der Waals surface area (Å²) < 4.78 is 11.1. The minimum absolute atomic E-state index is 0.0725. The minimum atomic E-state index is -0.976. The lowest BCUT2D eigenvalue weighted by Gasteiger charge is -2.23. The number of aryl methyl sites for hydroxylation is 1. The number of hydrogen-bond donors (Lipinski definition) is 1. The van der Waals surface area contributed by atoms with E-state index in [1.54, 1.807) is 55.5 Å². The molecule has 8 nitrogen and oxygen atoms in total. The van der Waals surface area contributed by atoms with E-state index in [2.05, 4.69) is 18.8 Å². The van der Waals surface area contributed by atoms with Crippen LogP contribution in [-0.4, -0.2) is 41.3 Å². The van der Waals surface area contributed by atoms with Gasteiger partial charge in [-0.15, -0.1) is 0 Å². The maximum absolute atomic E-state index is 13.4. The predicted molar refractivity (Wildman–Crippen MR) is 146 cm³/mol. The monoisotopic (exact) mass is 534 g/mol. The van der Waals surface area contributed by atoms with Gasteiger partial charge in [-0.3, -0.25) is 19.3 Å². The molecular weight excluding hydrogens is 504 g/mol. The van der Waals surface area contributed by atoms with Gasteiger partial charge in [-0.25, -0.2) is 4.98 Å². The van der Waals surface area contributed by atoms with Gasteiger partial charge in [0, 0.05) is 12.5 Å². The maximum Gasteiger partial charge on any atom is 0.301 e. The quantitative estimate of drug-likeness (QED) is 0.162. The van der Waals surface area contributed by atoms with Crippen LogP contribution in [0.1, 0.15) is 59.7 Å². The van der Waals surface area contributed by atoms with E-state index in [0.29, 0.717) is 45.7 Å². The van der Waals surface area contributed by atoms with Crippen molar-refractivity contribution in [2.24, 2.45) is 5.92 Å². The van der Waals surface area contributed by atoms with Crippen molar-refractivity contribution in [3.63, 3.8) is 0 Å². The molecule has 1 N–H and O–H groups in total. The third-order valence-corrected chi connectivity index (χ3v) is 7.51. The highest BCUT2D eigenvalue weighted by Gasteiger charge is 2.48. The first-order valence-corrected chi connectivity index (χ1v) is 13.1. The first-order chi connectivity index (χ1) is 18.1. The van der Waals surface area contributed by atoms with Gasteiger partial charge in [-0.05, 0) is 61.2 Å². The Morgan fingerprint density at radius 2 is 1.84 bits per heavy atom. The van der Waals surface area contributed by atoms with E-state index in [1.165, 1.54) is 18.9 Å². The lowest BCUT2D eigenvalue weighted by Crippen LogP contribution is -2.29. The van der Waals surface area contributed by atoms with Gasteiger partial charge < -0.3 is 14.6 Å². The minimum Gasteiger partial charge on any atom is -0.507 e. The van der Waals surface area contributed by atoms with E-state index in [4.69, 9.17) is 9.47 Å². The number of carbonyl (C=O) groups is 3. The molecule has 0 spiro atoms. The van der Waals surface area contributed by atoms with Crippen LogP contribution in [0.2, 0.25) is 0 Å². The summed E-state index contributed by atoms with van der Waals surface area (Å²) in [7, 11) is 1.53. The average Bonchev–Trinajstić information content (AvgIpc) is 3.40. The van der Waals surface area contributed by atoms with Crippen LogP contribution in [0.15, 0.2) is 54.1 Å². The van der Waals surface area contributed by atoms with Crippen LogP contribution in [0, 0.1) is 12.8 Å². The molecule has 1 atom stereocenters.